The summed E-state index contributed by atoms with van der Waals surface area (Å²) in [5.74, 6) is 0.602. The van der Waals surface area contributed by atoms with Gasteiger partial charge in [-0.2, -0.15) is 0 Å². The zero-order chi connectivity index (χ0) is 14.8. The van der Waals surface area contributed by atoms with E-state index in [9.17, 15) is 9.59 Å². The molecule has 3 rings (SSSR count). The van der Waals surface area contributed by atoms with Crippen LogP contribution in [0.1, 0.15) is 39.0 Å². The smallest absolute Gasteiger partial charge is 0.251 e. The van der Waals surface area contributed by atoms with Crippen LogP contribution in [0.2, 0.25) is 0 Å². The van der Waals surface area contributed by atoms with Crippen LogP contribution >= 0.6 is 0 Å². The van der Waals surface area contributed by atoms with Crippen LogP contribution in [0.15, 0.2) is 30.3 Å². The minimum absolute atomic E-state index is 0.107. The van der Waals surface area contributed by atoms with Crippen LogP contribution in [0.25, 0.3) is 0 Å². The lowest BCUT2D eigenvalue weighted by molar-refractivity contribution is -0.121. The van der Waals surface area contributed by atoms with Crippen molar-refractivity contribution in [2.75, 3.05) is 4.90 Å². The van der Waals surface area contributed by atoms with Crippen molar-refractivity contribution in [2.24, 2.45) is 5.92 Å². The largest absolute Gasteiger partial charge is 0.303 e. The molecule has 0 spiro atoms. The highest BCUT2D eigenvalue weighted by Crippen LogP contribution is 2.34. The van der Waals surface area contributed by atoms with Crippen LogP contribution in [0.3, 0.4) is 0 Å². The molecule has 1 saturated carbocycles. The van der Waals surface area contributed by atoms with Gasteiger partial charge in [0.1, 0.15) is 0 Å². The Hall–Kier alpha value is -1.68. The molecule has 112 valence electrons. The second-order valence-corrected chi connectivity index (χ2v) is 6.11. The third kappa shape index (κ3) is 3.16. The molecule has 1 N–H and O–H groups in total. The maximum Gasteiger partial charge on any atom is 0.251 e. The highest BCUT2D eigenvalue weighted by molar-refractivity contribution is 6.22. The van der Waals surface area contributed by atoms with E-state index in [1.807, 2.05) is 18.2 Å². The molecule has 4 nitrogen and oxygen atoms in total. The van der Waals surface area contributed by atoms with Crippen LogP contribution in [0.5, 0.6) is 0 Å². The summed E-state index contributed by atoms with van der Waals surface area (Å²) >= 11 is 0. The lowest BCUT2D eigenvalue weighted by Gasteiger charge is -2.21. The summed E-state index contributed by atoms with van der Waals surface area (Å²) in [4.78, 5) is 26.0. The highest BCUT2D eigenvalue weighted by Gasteiger charge is 2.40. The maximum absolute atomic E-state index is 12.5. The lowest BCUT2D eigenvalue weighted by Crippen LogP contribution is -2.44. The number of anilines is 1. The van der Waals surface area contributed by atoms with Gasteiger partial charge in [-0.15, -0.1) is 0 Å². The van der Waals surface area contributed by atoms with Gasteiger partial charge in [-0.05, 0) is 30.9 Å². The van der Waals surface area contributed by atoms with Crippen LogP contribution in [0, 0.1) is 5.92 Å². The number of nitrogens with zero attached hydrogens (tertiary/aromatic N) is 1. The predicted octanol–water partition coefficient (Wildman–Crippen LogP) is 2.49. The Morgan fingerprint density at radius 1 is 1.24 bits per heavy atom. The molecule has 4 heteroatoms. The van der Waals surface area contributed by atoms with Gasteiger partial charge in [0.05, 0.1) is 18.2 Å². The average Bonchev–Trinajstić information content (AvgIpc) is 3.26. The molecule has 2 fully saturated rings. The summed E-state index contributed by atoms with van der Waals surface area (Å²) in [5, 5.41) is 3.40. The summed E-state index contributed by atoms with van der Waals surface area (Å²) in [6.07, 6.45) is 5.02. The van der Waals surface area contributed by atoms with Crippen molar-refractivity contribution in [1.29, 1.82) is 0 Å². The first-order chi connectivity index (χ1) is 10.2. The van der Waals surface area contributed by atoms with E-state index >= 15 is 0 Å². The van der Waals surface area contributed by atoms with E-state index in [0.717, 1.165) is 18.8 Å². The summed E-state index contributed by atoms with van der Waals surface area (Å²) in [6, 6.07) is 9.17. The van der Waals surface area contributed by atoms with Gasteiger partial charge in [-0.1, -0.05) is 38.0 Å². The van der Waals surface area contributed by atoms with Crippen molar-refractivity contribution in [3.8, 4) is 0 Å². The molecular weight excluding hydrogens is 264 g/mol. The van der Waals surface area contributed by atoms with E-state index in [-0.39, 0.29) is 24.3 Å². The van der Waals surface area contributed by atoms with E-state index in [0.29, 0.717) is 11.7 Å². The average molecular weight is 286 g/mol. The standard InChI is InChI=1S/C17H22N2O2/c1-2-13(10-12-8-9-12)18-15-11-16(20)19(17(15)21)14-6-4-3-5-7-14/h3-7,12-13,15,18H,2,8-11H2,1H3. The molecule has 1 saturated heterocycles. The zero-order valence-electron chi connectivity index (χ0n) is 12.4. The predicted molar refractivity (Wildman–Crippen MR) is 81.9 cm³/mol. The minimum Gasteiger partial charge on any atom is -0.303 e. The topological polar surface area (TPSA) is 49.4 Å². The molecule has 0 aromatic heterocycles. The third-order valence-corrected chi connectivity index (χ3v) is 4.41. The van der Waals surface area contributed by atoms with E-state index in [1.54, 1.807) is 12.1 Å². The number of carbonyl (C=O) groups excluding carboxylic acids is 2. The first-order valence-electron chi connectivity index (χ1n) is 7.87. The van der Waals surface area contributed by atoms with Gasteiger partial charge in [0.2, 0.25) is 5.91 Å². The molecule has 1 heterocycles. The molecule has 0 bridgehead atoms. The van der Waals surface area contributed by atoms with Crippen LogP contribution in [-0.4, -0.2) is 23.9 Å². The van der Waals surface area contributed by atoms with Gasteiger partial charge in [-0.25, -0.2) is 4.90 Å². The normalized spacial score (nSPS) is 23.7. The number of rotatable bonds is 6. The molecule has 1 aliphatic carbocycles. The van der Waals surface area contributed by atoms with Gasteiger partial charge in [-0.3, -0.25) is 9.59 Å². The Labute approximate surface area is 125 Å². The van der Waals surface area contributed by atoms with Crippen molar-refractivity contribution < 1.29 is 9.59 Å². The van der Waals surface area contributed by atoms with Gasteiger partial charge in [0.25, 0.3) is 5.91 Å². The molecule has 1 aromatic carbocycles. The fraction of sp³-hybridized carbons (Fsp3) is 0.529. The number of hydrogen-bond acceptors (Lipinski definition) is 3. The molecule has 1 aromatic rings. The minimum atomic E-state index is -0.360. The van der Waals surface area contributed by atoms with Crippen LogP contribution in [0.4, 0.5) is 5.69 Å². The monoisotopic (exact) mass is 286 g/mol. The Morgan fingerprint density at radius 3 is 2.57 bits per heavy atom. The molecule has 2 atom stereocenters. The summed E-state index contributed by atoms with van der Waals surface area (Å²) in [6.45, 7) is 2.14. The van der Waals surface area contributed by atoms with Gasteiger partial charge in [0.15, 0.2) is 0 Å². The highest BCUT2D eigenvalue weighted by atomic mass is 16.2. The summed E-state index contributed by atoms with van der Waals surface area (Å²) in [7, 11) is 0. The molecule has 21 heavy (non-hydrogen) atoms. The van der Waals surface area contributed by atoms with Crippen molar-refractivity contribution in [3.05, 3.63) is 30.3 Å². The fourth-order valence-corrected chi connectivity index (χ4v) is 3.00. The Kier molecular flexibility index (Phi) is 4.06. The van der Waals surface area contributed by atoms with E-state index in [1.165, 1.54) is 17.7 Å². The number of imide groups is 1. The zero-order valence-corrected chi connectivity index (χ0v) is 12.4. The molecular formula is C17H22N2O2. The SMILES string of the molecule is CCC(CC1CC1)NC1CC(=O)N(c2ccccc2)C1=O. The second kappa shape index (κ2) is 5.98. The van der Waals surface area contributed by atoms with Crippen molar-refractivity contribution in [1.82, 2.24) is 5.32 Å². The number of carbonyl (C=O) groups is 2. The Bertz CT molecular complexity index is 525. The number of para-hydroxylation sites is 1. The third-order valence-electron chi connectivity index (χ3n) is 4.41. The number of hydrogen-bond donors (Lipinski definition) is 1. The first kappa shape index (κ1) is 14.3. The Balaban J connectivity index is 1.68. The Morgan fingerprint density at radius 2 is 1.95 bits per heavy atom. The number of nitrogens with one attached hydrogen (secondary N) is 1. The summed E-state index contributed by atoms with van der Waals surface area (Å²) < 4.78 is 0. The van der Waals surface area contributed by atoms with Crippen molar-refractivity contribution in [3.63, 3.8) is 0 Å². The molecule has 2 amide bonds. The van der Waals surface area contributed by atoms with Gasteiger partial charge >= 0.3 is 0 Å². The van der Waals surface area contributed by atoms with Crippen molar-refractivity contribution in [2.45, 2.75) is 51.1 Å². The maximum atomic E-state index is 12.5. The van der Waals surface area contributed by atoms with Gasteiger partial charge < -0.3 is 5.32 Å². The van der Waals surface area contributed by atoms with E-state index in [4.69, 9.17) is 0 Å². The molecule has 0 radical (unpaired) electrons. The van der Waals surface area contributed by atoms with E-state index in [2.05, 4.69) is 12.2 Å². The lowest BCUT2D eigenvalue weighted by atomic mass is 10.1. The first-order valence-corrected chi connectivity index (χ1v) is 7.87. The second-order valence-electron chi connectivity index (χ2n) is 6.11. The van der Waals surface area contributed by atoms with Gasteiger partial charge in [0, 0.05) is 6.04 Å². The van der Waals surface area contributed by atoms with Crippen LogP contribution < -0.4 is 10.2 Å². The fourth-order valence-electron chi connectivity index (χ4n) is 3.00. The molecule has 1 aliphatic heterocycles. The van der Waals surface area contributed by atoms with E-state index < -0.39 is 0 Å². The van der Waals surface area contributed by atoms with Crippen molar-refractivity contribution >= 4 is 17.5 Å². The molecule has 2 unspecified atom stereocenters. The van der Waals surface area contributed by atoms with Crippen LogP contribution in [-0.2, 0) is 9.59 Å². The number of amides is 2. The number of benzene rings is 1. The molecule has 2 aliphatic rings. The summed E-state index contributed by atoms with van der Waals surface area (Å²) in [5.41, 5.74) is 0.673. The quantitative estimate of drug-likeness (QED) is 0.817.